The Morgan fingerprint density at radius 2 is 1.55 bits per heavy atom. The highest BCUT2D eigenvalue weighted by atomic mass is 16.6. The third kappa shape index (κ3) is 6.17. The molecular weight excluding hydrogens is 280 g/mol. The van der Waals surface area contributed by atoms with Crippen LogP contribution < -0.4 is 15.4 Å². The van der Waals surface area contributed by atoms with Gasteiger partial charge in [-0.25, -0.2) is 4.79 Å². The van der Waals surface area contributed by atoms with Crippen molar-refractivity contribution in [3.05, 3.63) is 60.7 Å². The van der Waals surface area contributed by atoms with E-state index in [2.05, 4.69) is 10.6 Å². The van der Waals surface area contributed by atoms with Gasteiger partial charge in [-0.3, -0.25) is 0 Å². The second-order valence-electron chi connectivity index (χ2n) is 4.52. The molecule has 0 unspecified atom stereocenters. The summed E-state index contributed by atoms with van der Waals surface area (Å²) in [5, 5.41) is 5.87. The first-order valence-electron chi connectivity index (χ1n) is 7.22. The molecule has 116 valence electrons. The fourth-order valence-electron chi connectivity index (χ4n) is 1.79. The van der Waals surface area contributed by atoms with Gasteiger partial charge in [0.2, 0.25) is 0 Å². The van der Waals surface area contributed by atoms with E-state index in [1.165, 1.54) is 0 Å². The van der Waals surface area contributed by atoms with Crippen molar-refractivity contribution in [3.8, 4) is 5.75 Å². The molecule has 0 atom stereocenters. The Hall–Kier alpha value is -2.69. The molecular formula is C17H20N2O3. The Kier molecular flexibility index (Phi) is 6.62. The summed E-state index contributed by atoms with van der Waals surface area (Å²) in [7, 11) is 0. The third-order valence-electron chi connectivity index (χ3n) is 2.83. The van der Waals surface area contributed by atoms with Gasteiger partial charge in [-0.05, 0) is 24.3 Å². The van der Waals surface area contributed by atoms with Crippen molar-refractivity contribution in [1.29, 1.82) is 0 Å². The molecule has 0 aliphatic carbocycles. The molecule has 2 rings (SSSR count). The van der Waals surface area contributed by atoms with E-state index in [9.17, 15) is 4.79 Å². The van der Waals surface area contributed by atoms with Crippen LogP contribution in [0.2, 0.25) is 0 Å². The van der Waals surface area contributed by atoms with Gasteiger partial charge in [0, 0.05) is 18.8 Å². The van der Waals surface area contributed by atoms with Crippen molar-refractivity contribution in [2.75, 3.05) is 31.6 Å². The van der Waals surface area contributed by atoms with Gasteiger partial charge in [-0.2, -0.15) is 0 Å². The largest absolute Gasteiger partial charge is 0.490 e. The van der Waals surface area contributed by atoms with Crippen LogP contribution >= 0.6 is 0 Å². The highest BCUT2D eigenvalue weighted by Gasteiger charge is 2.01. The Morgan fingerprint density at radius 1 is 0.864 bits per heavy atom. The van der Waals surface area contributed by atoms with E-state index < -0.39 is 6.09 Å². The van der Waals surface area contributed by atoms with E-state index in [-0.39, 0.29) is 6.61 Å². The van der Waals surface area contributed by atoms with Crippen LogP contribution in [0.3, 0.4) is 0 Å². The zero-order valence-corrected chi connectivity index (χ0v) is 12.3. The minimum absolute atomic E-state index is 0.215. The summed E-state index contributed by atoms with van der Waals surface area (Å²) < 4.78 is 10.4. The van der Waals surface area contributed by atoms with Crippen LogP contribution in [-0.2, 0) is 4.74 Å². The Balaban J connectivity index is 1.49. The molecule has 0 bridgehead atoms. The molecule has 22 heavy (non-hydrogen) atoms. The maximum Gasteiger partial charge on any atom is 0.407 e. The van der Waals surface area contributed by atoms with Crippen molar-refractivity contribution >= 4 is 11.8 Å². The van der Waals surface area contributed by atoms with Gasteiger partial charge < -0.3 is 20.1 Å². The van der Waals surface area contributed by atoms with Crippen LogP contribution in [0.15, 0.2) is 60.7 Å². The van der Waals surface area contributed by atoms with Crippen molar-refractivity contribution in [2.45, 2.75) is 0 Å². The zero-order valence-electron chi connectivity index (χ0n) is 12.3. The van der Waals surface area contributed by atoms with E-state index in [0.29, 0.717) is 19.7 Å². The molecule has 2 aromatic rings. The van der Waals surface area contributed by atoms with Crippen LogP contribution in [0.5, 0.6) is 5.75 Å². The van der Waals surface area contributed by atoms with E-state index in [0.717, 1.165) is 11.4 Å². The monoisotopic (exact) mass is 300 g/mol. The molecule has 0 aliphatic rings. The van der Waals surface area contributed by atoms with Gasteiger partial charge in [0.15, 0.2) is 0 Å². The average molecular weight is 300 g/mol. The number of anilines is 1. The molecule has 0 radical (unpaired) electrons. The Bertz CT molecular complexity index is 497. The zero-order chi connectivity index (χ0) is 15.5. The highest BCUT2D eigenvalue weighted by molar-refractivity contribution is 5.67. The SMILES string of the molecule is O=C(NCCNc1ccccc1)OCCOc1ccccc1. The lowest BCUT2D eigenvalue weighted by Gasteiger charge is -2.09. The molecule has 0 heterocycles. The first-order valence-corrected chi connectivity index (χ1v) is 7.22. The maximum atomic E-state index is 11.4. The topological polar surface area (TPSA) is 59.6 Å². The Labute approximate surface area is 130 Å². The summed E-state index contributed by atoms with van der Waals surface area (Å²) >= 11 is 0. The summed E-state index contributed by atoms with van der Waals surface area (Å²) in [6.07, 6.45) is -0.438. The number of rotatable bonds is 8. The lowest BCUT2D eigenvalue weighted by Crippen LogP contribution is -2.30. The van der Waals surface area contributed by atoms with E-state index in [4.69, 9.17) is 9.47 Å². The molecule has 5 nitrogen and oxygen atoms in total. The molecule has 0 fully saturated rings. The van der Waals surface area contributed by atoms with Crippen LogP contribution in [0.4, 0.5) is 10.5 Å². The quantitative estimate of drug-likeness (QED) is 0.736. The van der Waals surface area contributed by atoms with Gasteiger partial charge in [0.05, 0.1) is 0 Å². The number of carbonyl (C=O) groups is 1. The van der Waals surface area contributed by atoms with Crippen molar-refractivity contribution in [1.82, 2.24) is 5.32 Å². The molecule has 0 aliphatic heterocycles. The third-order valence-corrected chi connectivity index (χ3v) is 2.83. The minimum Gasteiger partial charge on any atom is -0.490 e. The highest BCUT2D eigenvalue weighted by Crippen LogP contribution is 2.07. The number of ether oxygens (including phenoxy) is 2. The molecule has 0 saturated carbocycles. The maximum absolute atomic E-state index is 11.4. The normalized spacial score (nSPS) is 9.82. The second-order valence-corrected chi connectivity index (χ2v) is 4.52. The number of benzene rings is 2. The summed E-state index contributed by atoms with van der Waals surface area (Å²) in [5.74, 6) is 0.763. The number of hydrogen-bond donors (Lipinski definition) is 2. The summed E-state index contributed by atoms with van der Waals surface area (Å²) in [6.45, 7) is 1.68. The van der Waals surface area contributed by atoms with Crippen molar-refractivity contribution in [2.24, 2.45) is 0 Å². The van der Waals surface area contributed by atoms with E-state index in [1.54, 1.807) is 0 Å². The van der Waals surface area contributed by atoms with Crippen LogP contribution in [0, 0.1) is 0 Å². The van der Waals surface area contributed by atoms with Gasteiger partial charge in [-0.1, -0.05) is 36.4 Å². The first-order chi connectivity index (χ1) is 10.8. The summed E-state index contributed by atoms with van der Waals surface area (Å²) in [4.78, 5) is 11.4. The molecule has 0 saturated heterocycles. The van der Waals surface area contributed by atoms with Gasteiger partial charge in [0.1, 0.15) is 19.0 Å². The second kappa shape index (κ2) is 9.28. The fourth-order valence-corrected chi connectivity index (χ4v) is 1.79. The predicted molar refractivity (Wildman–Crippen MR) is 86.2 cm³/mol. The van der Waals surface area contributed by atoms with E-state index in [1.807, 2.05) is 60.7 Å². The smallest absolute Gasteiger partial charge is 0.407 e. The number of nitrogens with one attached hydrogen (secondary N) is 2. The average Bonchev–Trinajstić information content (AvgIpc) is 2.57. The van der Waals surface area contributed by atoms with Crippen molar-refractivity contribution < 1.29 is 14.3 Å². The predicted octanol–water partition coefficient (Wildman–Crippen LogP) is 2.90. The summed E-state index contributed by atoms with van der Waals surface area (Å²) in [6, 6.07) is 19.2. The number of alkyl carbamates (subject to hydrolysis) is 1. The molecule has 0 spiro atoms. The lowest BCUT2D eigenvalue weighted by atomic mass is 10.3. The summed E-state index contributed by atoms with van der Waals surface area (Å²) in [5.41, 5.74) is 1.02. The van der Waals surface area contributed by atoms with Crippen molar-refractivity contribution in [3.63, 3.8) is 0 Å². The minimum atomic E-state index is -0.438. The number of hydrogen-bond acceptors (Lipinski definition) is 4. The molecule has 0 aromatic heterocycles. The molecule has 2 N–H and O–H groups in total. The Morgan fingerprint density at radius 3 is 2.27 bits per heavy atom. The standard InChI is InChI=1S/C17H20N2O3/c20-17(19-12-11-18-15-7-3-1-4-8-15)22-14-13-21-16-9-5-2-6-10-16/h1-10,18H,11-14H2,(H,19,20). The van der Waals surface area contributed by atoms with Gasteiger partial charge in [0.25, 0.3) is 0 Å². The fraction of sp³-hybridized carbons (Fsp3) is 0.235. The lowest BCUT2D eigenvalue weighted by molar-refractivity contribution is 0.125. The van der Waals surface area contributed by atoms with E-state index >= 15 is 0 Å². The molecule has 2 aromatic carbocycles. The molecule has 1 amide bonds. The number of para-hydroxylation sites is 2. The van der Waals surface area contributed by atoms with Crippen LogP contribution in [-0.4, -0.2) is 32.4 Å². The number of amides is 1. The van der Waals surface area contributed by atoms with Gasteiger partial charge in [-0.15, -0.1) is 0 Å². The van der Waals surface area contributed by atoms with Crippen LogP contribution in [0.1, 0.15) is 0 Å². The molecule has 5 heteroatoms. The van der Waals surface area contributed by atoms with Gasteiger partial charge >= 0.3 is 6.09 Å². The first kappa shape index (κ1) is 15.7. The van der Waals surface area contributed by atoms with Crippen LogP contribution in [0.25, 0.3) is 0 Å². The number of carbonyl (C=O) groups excluding carboxylic acids is 1.